The van der Waals surface area contributed by atoms with Gasteiger partial charge in [-0.05, 0) is 63.7 Å². The van der Waals surface area contributed by atoms with Gasteiger partial charge in [0, 0.05) is 0 Å². The summed E-state index contributed by atoms with van der Waals surface area (Å²) in [6.07, 6.45) is 6.50. The second-order valence-electron chi connectivity index (χ2n) is 5.77. The minimum atomic E-state index is -0.0497. The summed E-state index contributed by atoms with van der Waals surface area (Å²) in [6.45, 7) is 4.12. The average Bonchev–Trinajstić information content (AvgIpc) is 2.89. The maximum Gasteiger partial charge on any atom is 0.238 e. The summed E-state index contributed by atoms with van der Waals surface area (Å²) in [5.41, 5.74) is 0. The monoisotopic (exact) mass is 262 g/mol. The van der Waals surface area contributed by atoms with Crippen LogP contribution >= 0.6 is 0 Å². The quantitative estimate of drug-likeness (QED) is 0.886. The van der Waals surface area contributed by atoms with Crippen molar-refractivity contribution < 1.29 is 9.21 Å². The first-order valence-corrected chi connectivity index (χ1v) is 7.33. The fourth-order valence-corrected chi connectivity index (χ4v) is 3.02. The van der Waals surface area contributed by atoms with Crippen LogP contribution in [0.1, 0.15) is 44.4 Å². The van der Waals surface area contributed by atoms with Crippen LogP contribution in [-0.2, 0) is 4.79 Å². The highest BCUT2D eigenvalue weighted by molar-refractivity contribution is 5.82. The molecule has 4 nitrogen and oxygen atoms in total. The second-order valence-corrected chi connectivity index (χ2v) is 5.77. The first-order valence-electron chi connectivity index (χ1n) is 7.33. The molecule has 3 rings (SSSR count). The van der Waals surface area contributed by atoms with Crippen molar-refractivity contribution in [2.45, 2.75) is 44.7 Å². The maximum absolute atomic E-state index is 12.5. The number of nitrogens with one attached hydrogen (secondary N) is 1. The van der Waals surface area contributed by atoms with Crippen molar-refractivity contribution in [3.63, 3.8) is 0 Å². The first-order chi connectivity index (χ1) is 9.25. The number of carbonyl (C=O) groups is 1. The SMILES string of the molecule is CC(NC(=O)C(C1CC1)N1CCCC1)c1ccco1. The highest BCUT2D eigenvalue weighted by atomic mass is 16.3. The molecule has 0 bridgehead atoms. The average molecular weight is 262 g/mol. The van der Waals surface area contributed by atoms with Gasteiger partial charge in [0.2, 0.25) is 5.91 Å². The Kier molecular flexibility index (Phi) is 3.60. The van der Waals surface area contributed by atoms with Gasteiger partial charge in [-0.3, -0.25) is 9.69 Å². The summed E-state index contributed by atoms with van der Waals surface area (Å²) in [5.74, 6) is 1.57. The summed E-state index contributed by atoms with van der Waals surface area (Å²) < 4.78 is 5.35. The molecule has 0 aromatic carbocycles. The fourth-order valence-electron chi connectivity index (χ4n) is 3.02. The Morgan fingerprint density at radius 1 is 1.42 bits per heavy atom. The van der Waals surface area contributed by atoms with Gasteiger partial charge in [0.15, 0.2) is 0 Å². The van der Waals surface area contributed by atoms with Crippen LogP contribution in [0.25, 0.3) is 0 Å². The molecule has 1 N–H and O–H groups in total. The molecule has 1 amide bonds. The third kappa shape index (κ3) is 2.84. The van der Waals surface area contributed by atoms with Crippen molar-refractivity contribution in [1.82, 2.24) is 10.2 Å². The molecule has 2 fully saturated rings. The number of hydrogen-bond donors (Lipinski definition) is 1. The van der Waals surface area contributed by atoms with E-state index in [9.17, 15) is 4.79 Å². The zero-order chi connectivity index (χ0) is 13.2. The predicted molar refractivity (Wildman–Crippen MR) is 72.6 cm³/mol. The van der Waals surface area contributed by atoms with Gasteiger partial charge in [-0.2, -0.15) is 0 Å². The van der Waals surface area contributed by atoms with Crippen molar-refractivity contribution in [3.05, 3.63) is 24.2 Å². The molecule has 1 saturated carbocycles. The molecule has 2 unspecified atom stereocenters. The summed E-state index contributed by atoms with van der Waals surface area (Å²) in [7, 11) is 0. The Morgan fingerprint density at radius 2 is 2.16 bits per heavy atom. The Morgan fingerprint density at radius 3 is 2.74 bits per heavy atom. The van der Waals surface area contributed by atoms with Crippen molar-refractivity contribution in [3.8, 4) is 0 Å². The molecule has 1 aromatic rings. The minimum absolute atomic E-state index is 0.0497. The van der Waals surface area contributed by atoms with Crippen LogP contribution in [-0.4, -0.2) is 29.9 Å². The minimum Gasteiger partial charge on any atom is -0.467 e. The lowest BCUT2D eigenvalue weighted by molar-refractivity contribution is -0.127. The van der Waals surface area contributed by atoms with Gasteiger partial charge in [-0.15, -0.1) is 0 Å². The van der Waals surface area contributed by atoms with Gasteiger partial charge in [-0.1, -0.05) is 0 Å². The van der Waals surface area contributed by atoms with Crippen molar-refractivity contribution in [2.75, 3.05) is 13.1 Å². The van der Waals surface area contributed by atoms with E-state index in [0.717, 1.165) is 18.8 Å². The zero-order valence-corrected chi connectivity index (χ0v) is 11.5. The van der Waals surface area contributed by atoms with Gasteiger partial charge in [0.1, 0.15) is 5.76 Å². The molecular weight excluding hydrogens is 240 g/mol. The summed E-state index contributed by atoms with van der Waals surface area (Å²) in [6, 6.07) is 3.80. The van der Waals surface area contributed by atoms with E-state index >= 15 is 0 Å². The molecular formula is C15H22N2O2. The Balaban J connectivity index is 1.63. The van der Waals surface area contributed by atoms with E-state index < -0.39 is 0 Å². The summed E-state index contributed by atoms with van der Waals surface area (Å²) >= 11 is 0. The van der Waals surface area contributed by atoms with E-state index in [4.69, 9.17) is 4.42 Å². The van der Waals surface area contributed by atoms with E-state index in [2.05, 4.69) is 10.2 Å². The third-order valence-electron chi connectivity index (χ3n) is 4.20. The standard InChI is InChI=1S/C15H22N2O2/c1-11(13-5-4-10-19-13)16-15(18)14(12-6-7-12)17-8-2-3-9-17/h4-5,10-12,14H,2-3,6-9H2,1H3,(H,16,18). The number of likely N-dealkylation sites (tertiary alicyclic amines) is 1. The Bertz CT molecular complexity index is 419. The van der Waals surface area contributed by atoms with E-state index in [1.807, 2.05) is 19.1 Å². The van der Waals surface area contributed by atoms with Gasteiger partial charge in [0.25, 0.3) is 0 Å². The van der Waals surface area contributed by atoms with Gasteiger partial charge in [0.05, 0.1) is 18.3 Å². The van der Waals surface area contributed by atoms with Crippen molar-refractivity contribution >= 4 is 5.91 Å². The number of hydrogen-bond acceptors (Lipinski definition) is 3. The van der Waals surface area contributed by atoms with E-state index in [-0.39, 0.29) is 18.0 Å². The molecule has 19 heavy (non-hydrogen) atoms. The van der Waals surface area contributed by atoms with Crippen LogP contribution in [0.2, 0.25) is 0 Å². The number of rotatable bonds is 5. The van der Waals surface area contributed by atoms with Crippen molar-refractivity contribution in [1.29, 1.82) is 0 Å². The molecule has 4 heteroatoms. The molecule has 2 heterocycles. The molecule has 1 aliphatic carbocycles. The lowest BCUT2D eigenvalue weighted by atomic mass is 10.1. The first kappa shape index (κ1) is 12.7. The molecule has 1 saturated heterocycles. The van der Waals surface area contributed by atoms with E-state index in [1.165, 1.54) is 25.7 Å². The highest BCUT2D eigenvalue weighted by Crippen LogP contribution is 2.37. The van der Waals surface area contributed by atoms with Crippen LogP contribution in [0.15, 0.2) is 22.8 Å². The van der Waals surface area contributed by atoms with E-state index in [0.29, 0.717) is 5.92 Å². The Labute approximate surface area is 114 Å². The number of carbonyl (C=O) groups excluding carboxylic acids is 1. The highest BCUT2D eigenvalue weighted by Gasteiger charge is 2.41. The molecule has 0 radical (unpaired) electrons. The second kappa shape index (κ2) is 5.37. The lowest BCUT2D eigenvalue weighted by Gasteiger charge is -2.27. The molecule has 0 spiro atoms. The third-order valence-corrected chi connectivity index (χ3v) is 4.20. The van der Waals surface area contributed by atoms with Crippen LogP contribution in [0.5, 0.6) is 0 Å². The van der Waals surface area contributed by atoms with Crippen LogP contribution in [0.3, 0.4) is 0 Å². The Hall–Kier alpha value is -1.29. The maximum atomic E-state index is 12.5. The number of furan rings is 1. The van der Waals surface area contributed by atoms with Crippen LogP contribution < -0.4 is 5.32 Å². The molecule has 104 valence electrons. The topological polar surface area (TPSA) is 45.5 Å². The summed E-state index contributed by atoms with van der Waals surface area (Å²) in [4.78, 5) is 14.9. The summed E-state index contributed by atoms with van der Waals surface area (Å²) in [5, 5.41) is 3.11. The smallest absolute Gasteiger partial charge is 0.238 e. The van der Waals surface area contributed by atoms with Gasteiger partial charge in [-0.25, -0.2) is 0 Å². The molecule has 2 atom stereocenters. The van der Waals surface area contributed by atoms with Crippen LogP contribution in [0.4, 0.5) is 0 Å². The van der Waals surface area contributed by atoms with Gasteiger partial charge < -0.3 is 9.73 Å². The molecule has 2 aliphatic rings. The van der Waals surface area contributed by atoms with Crippen LogP contribution in [0, 0.1) is 5.92 Å². The fraction of sp³-hybridized carbons (Fsp3) is 0.667. The largest absolute Gasteiger partial charge is 0.467 e. The van der Waals surface area contributed by atoms with Gasteiger partial charge >= 0.3 is 0 Å². The normalized spacial score (nSPS) is 23.2. The predicted octanol–water partition coefficient (Wildman–Crippen LogP) is 2.33. The zero-order valence-electron chi connectivity index (χ0n) is 11.5. The lowest BCUT2D eigenvalue weighted by Crippen LogP contribution is -2.47. The molecule has 1 aliphatic heterocycles. The molecule has 1 aromatic heterocycles. The number of nitrogens with zero attached hydrogens (tertiary/aromatic N) is 1. The van der Waals surface area contributed by atoms with E-state index in [1.54, 1.807) is 6.26 Å². The van der Waals surface area contributed by atoms with Crippen molar-refractivity contribution in [2.24, 2.45) is 5.92 Å². The number of amides is 1.